The molecule has 38 heteroatoms. The van der Waals surface area contributed by atoms with Gasteiger partial charge in [-0.25, -0.2) is 0 Å². The average Bonchev–Trinajstić information content (AvgIpc) is 3.56. The van der Waals surface area contributed by atoms with E-state index in [0.717, 1.165) is 4.90 Å². The van der Waals surface area contributed by atoms with E-state index in [-0.39, 0.29) is 55.9 Å². The van der Waals surface area contributed by atoms with Gasteiger partial charge in [0.1, 0.15) is 43.5 Å². The van der Waals surface area contributed by atoms with Crippen LogP contribution in [-0.4, -0.2) is 283 Å². The van der Waals surface area contributed by atoms with Gasteiger partial charge in [-0.3, -0.25) is 91.5 Å². The second-order valence-electron chi connectivity index (χ2n) is 18.1. The van der Waals surface area contributed by atoms with E-state index < -0.39 is 236 Å². The minimum atomic E-state index is -2.21. The van der Waals surface area contributed by atoms with Gasteiger partial charge in [-0.2, -0.15) is 0 Å². The monoisotopic (exact) mass is 1280 g/mol. The zero-order chi connectivity index (χ0) is 59.0. The Kier molecular flexibility index (Phi) is 36.4. The van der Waals surface area contributed by atoms with Crippen molar-refractivity contribution >= 4 is 89.2 Å². The molecule has 80 heavy (non-hydrogen) atoms. The Morgan fingerprint density at radius 2 is 0.775 bits per heavy atom. The number of hydrogen-bond donors (Lipinski definition) is 13. The summed E-state index contributed by atoms with van der Waals surface area (Å²) in [6.07, 6.45) is -0.842. The number of carboxylic acid groups (broad SMARTS) is 9. The third-order valence-corrected chi connectivity index (χ3v) is 10.8. The summed E-state index contributed by atoms with van der Waals surface area (Å²) in [4.78, 5) is 185. The molecule has 1 fully saturated rings. The third-order valence-electron chi connectivity index (χ3n) is 10.8. The largest absolute Gasteiger partial charge is 3.00 e. The molecule has 3 radical (unpaired) electrons. The molecular formula is C42H62N8Ni3O27+9. The van der Waals surface area contributed by atoms with E-state index in [0.29, 0.717) is 14.7 Å². The Morgan fingerprint density at radius 3 is 1.00 bits per heavy atom. The number of imide groups is 1. The maximum atomic E-state index is 13.8. The molecule has 35 nitrogen and oxygen atoms in total. The van der Waals surface area contributed by atoms with Crippen molar-refractivity contribution in [2.24, 2.45) is 11.3 Å². The van der Waals surface area contributed by atoms with E-state index in [1.165, 1.54) is 0 Å². The smallest absolute Gasteiger partial charge is 0.480 e. The number of hydrogen-bond acceptors (Lipinski definition) is 21. The molecule has 1 heterocycles. The zero-order valence-corrected chi connectivity index (χ0v) is 45.6. The Labute approximate surface area is 483 Å². The molecule has 4 atom stereocenters. The first-order valence-corrected chi connectivity index (χ1v) is 22.6. The molecule has 0 aromatic carbocycles. The maximum Gasteiger partial charge on any atom is 3.00 e. The maximum absolute atomic E-state index is 13.8. The SMILES string of the molecule is CC(C)(C)C1CC(=O)N(CCC(=O)NC(COCC(=O)NCC(C(=O)O)N(CC(=O)O)CC(=O)O)(COCC(=O)NCC(C(=O)O)N(CC(=O)O)CC(=O)O)COCC(=O)NCC(C(=O)O)N(CC(=O)O)CC(=O)O)C1=O.[Ni+3].[Ni+3].[Ni+3]. The normalized spacial score (nSPS) is 14.9. The molecule has 0 aliphatic carbocycles. The first-order chi connectivity index (χ1) is 35.7. The van der Waals surface area contributed by atoms with Gasteiger partial charge >= 0.3 is 103 Å². The molecule has 1 rings (SSSR count). The summed E-state index contributed by atoms with van der Waals surface area (Å²) in [5.41, 5.74) is -2.88. The van der Waals surface area contributed by atoms with Gasteiger partial charge in [0.2, 0.25) is 35.4 Å². The predicted octanol–water partition coefficient (Wildman–Crippen LogP) is -7.18. The van der Waals surface area contributed by atoms with Crippen molar-refractivity contribution in [3.05, 3.63) is 0 Å². The van der Waals surface area contributed by atoms with Gasteiger partial charge in [-0.05, 0) is 5.41 Å². The fourth-order valence-corrected chi connectivity index (χ4v) is 7.19. The quantitative estimate of drug-likeness (QED) is 0.0200. The van der Waals surface area contributed by atoms with Crippen molar-refractivity contribution in [1.82, 2.24) is 40.9 Å². The molecule has 4 unspecified atom stereocenters. The number of rotatable bonds is 40. The van der Waals surface area contributed by atoms with Crippen LogP contribution in [0.5, 0.6) is 0 Å². The van der Waals surface area contributed by atoms with Gasteiger partial charge in [0, 0.05) is 39.0 Å². The number of nitrogens with one attached hydrogen (secondary N) is 4. The van der Waals surface area contributed by atoms with Crippen LogP contribution in [0.3, 0.4) is 0 Å². The Hall–Kier alpha value is -6.51. The Balaban J connectivity index is -0.0000198. The van der Waals surface area contributed by atoms with Crippen LogP contribution in [0.4, 0.5) is 0 Å². The number of amides is 6. The number of ether oxygens (including phenoxy) is 3. The van der Waals surface area contributed by atoms with E-state index in [1.807, 2.05) is 0 Å². The average molecular weight is 1290 g/mol. The van der Waals surface area contributed by atoms with E-state index in [2.05, 4.69) is 21.3 Å². The summed E-state index contributed by atoms with van der Waals surface area (Å²) < 4.78 is 16.6. The Morgan fingerprint density at radius 1 is 0.500 bits per heavy atom. The van der Waals surface area contributed by atoms with Crippen molar-refractivity contribution in [2.45, 2.75) is 57.3 Å². The minimum Gasteiger partial charge on any atom is -0.480 e. The van der Waals surface area contributed by atoms with Gasteiger partial charge < -0.3 is 81.4 Å². The van der Waals surface area contributed by atoms with E-state index in [9.17, 15) is 118 Å². The van der Waals surface area contributed by atoms with E-state index >= 15 is 0 Å². The van der Waals surface area contributed by atoms with Crippen LogP contribution in [0.25, 0.3) is 0 Å². The number of nitrogens with zero attached hydrogens (tertiary/aromatic N) is 4. The fraction of sp³-hybridized carbons (Fsp3) is 0.643. The first-order valence-electron chi connectivity index (χ1n) is 22.6. The van der Waals surface area contributed by atoms with E-state index in [4.69, 9.17) is 14.2 Å². The van der Waals surface area contributed by atoms with Crippen molar-refractivity contribution in [2.75, 3.05) is 105 Å². The molecule has 1 aliphatic rings. The standard InChI is InChI=1S/C42H62N8O27.3Ni/c1-41(2,3)22-6-30(55)50(37(22)68)5-4-26(51)46-42(19-75-16-27(52)43-7-23(38(69)70)47(10-31(56)57)11-32(58)59,20-76-17-28(53)44-8-24(39(71)72)48(12-33(60)61)13-34(62)63)21-77-18-29(54)45-9-25(40(73)74)49(14-35(64)65)15-36(66)67;;;/h22-25H,4-21H2,1-3H3,(H,43,52)(H,44,53)(H,45,54)(H,46,51)(H,56,57)(H,58,59)(H,60,61)(H,62,63)(H,64,65)(H,66,67)(H,69,70)(H,71,72)(H,73,74);;;/q;3*+3. The van der Waals surface area contributed by atoms with Gasteiger partial charge in [-0.15, -0.1) is 0 Å². The van der Waals surface area contributed by atoms with Crippen molar-refractivity contribution in [3.63, 3.8) is 0 Å². The van der Waals surface area contributed by atoms with Crippen LogP contribution in [0, 0.1) is 11.3 Å². The summed E-state index contributed by atoms with van der Waals surface area (Å²) in [5, 5.41) is 93.1. The van der Waals surface area contributed by atoms with Crippen molar-refractivity contribution in [3.8, 4) is 0 Å². The van der Waals surface area contributed by atoms with Gasteiger partial charge in [0.25, 0.3) is 0 Å². The number of aliphatic carboxylic acids is 9. The molecule has 0 aromatic heterocycles. The number of carboxylic acids is 9. The molecule has 0 spiro atoms. The summed E-state index contributed by atoms with van der Waals surface area (Å²) >= 11 is 0. The molecule has 6 amide bonds. The second-order valence-corrected chi connectivity index (χ2v) is 18.1. The van der Waals surface area contributed by atoms with Crippen LogP contribution in [0.2, 0.25) is 0 Å². The van der Waals surface area contributed by atoms with Crippen molar-refractivity contribution < 1.29 is 182 Å². The molecule has 453 valence electrons. The molecule has 0 bridgehead atoms. The van der Waals surface area contributed by atoms with Gasteiger partial charge in [0.15, 0.2) is 0 Å². The summed E-state index contributed by atoms with van der Waals surface area (Å²) in [7, 11) is 0. The van der Waals surface area contributed by atoms with Crippen LogP contribution < -0.4 is 21.3 Å². The van der Waals surface area contributed by atoms with Crippen LogP contribution in [0.15, 0.2) is 0 Å². The fourth-order valence-electron chi connectivity index (χ4n) is 7.19. The number of carbonyl (C=O) groups excluding carboxylic acids is 6. The topological polar surface area (TPSA) is 527 Å². The van der Waals surface area contributed by atoms with Crippen molar-refractivity contribution in [1.29, 1.82) is 0 Å². The zero-order valence-electron chi connectivity index (χ0n) is 42.6. The number of likely N-dealkylation sites (tertiary alicyclic amines) is 1. The van der Waals surface area contributed by atoms with Gasteiger partial charge in [-0.1, -0.05) is 20.8 Å². The molecular weight excluding hydrogens is 1220 g/mol. The third kappa shape index (κ3) is 29.6. The first kappa shape index (κ1) is 77.7. The molecule has 1 saturated heterocycles. The minimum absolute atomic E-state index is 0. The summed E-state index contributed by atoms with van der Waals surface area (Å²) in [5.74, 6) is -21.4. The molecule has 0 saturated carbocycles. The number of carbonyl (C=O) groups is 15. The van der Waals surface area contributed by atoms with Crippen LogP contribution >= 0.6 is 0 Å². The van der Waals surface area contributed by atoms with E-state index in [1.54, 1.807) is 20.8 Å². The van der Waals surface area contributed by atoms with Crippen LogP contribution in [-0.2, 0) is 136 Å². The van der Waals surface area contributed by atoms with Gasteiger partial charge in [0.05, 0.1) is 65.0 Å². The molecule has 1 aliphatic heterocycles. The molecule has 0 aromatic rings. The molecule has 13 N–H and O–H groups in total. The van der Waals surface area contributed by atoms with Crippen LogP contribution in [0.1, 0.15) is 33.6 Å². The summed E-state index contributed by atoms with van der Waals surface area (Å²) in [6.45, 7) is -10.7. The predicted molar refractivity (Wildman–Crippen MR) is 246 cm³/mol. The second kappa shape index (κ2) is 37.4. The Bertz CT molecular complexity index is 2010. The summed E-state index contributed by atoms with van der Waals surface area (Å²) in [6, 6.07) is -5.78.